The Labute approximate surface area is 239 Å². The summed E-state index contributed by atoms with van der Waals surface area (Å²) in [4.78, 5) is 23.6. The van der Waals surface area contributed by atoms with Crippen LogP contribution in [0.1, 0.15) is 58.8 Å². The van der Waals surface area contributed by atoms with Gasteiger partial charge in [-0.3, -0.25) is 9.78 Å². The summed E-state index contributed by atoms with van der Waals surface area (Å²) in [5, 5.41) is 9.83. The monoisotopic (exact) mass is 603 g/mol. The highest BCUT2D eigenvalue weighted by molar-refractivity contribution is 5.98. The molecule has 7 rings (SSSR count). The highest BCUT2D eigenvalue weighted by Gasteiger charge is 2.67. The van der Waals surface area contributed by atoms with E-state index < -0.39 is 54.7 Å². The van der Waals surface area contributed by atoms with Crippen LogP contribution in [0.5, 0.6) is 5.75 Å². The van der Waals surface area contributed by atoms with Crippen molar-refractivity contribution in [2.24, 2.45) is 5.73 Å². The summed E-state index contributed by atoms with van der Waals surface area (Å²) in [5.74, 6) is -0.826. The zero-order chi connectivity index (χ0) is 30.6. The number of amides is 1. The van der Waals surface area contributed by atoms with E-state index in [1.807, 2.05) is 4.57 Å². The van der Waals surface area contributed by atoms with Crippen LogP contribution >= 0.6 is 0 Å². The molecule has 2 atom stereocenters. The fraction of sp³-hybridized carbons (Fsp3) is 0.345. The Kier molecular flexibility index (Phi) is 5.74. The van der Waals surface area contributed by atoms with Crippen LogP contribution in [0.2, 0.25) is 0 Å². The number of imidazole rings is 1. The second kappa shape index (κ2) is 8.92. The van der Waals surface area contributed by atoms with Crippen LogP contribution < -0.4 is 10.5 Å². The molecule has 2 bridgehead atoms. The number of aromatic nitrogens is 3. The zero-order valence-electron chi connectivity index (χ0n) is 22.4. The van der Waals surface area contributed by atoms with Crippen molar-refractivity contribution < 1.29 is 41.0 Å². The predicted molar refractivity (Wildman–Crippen MR) is 140 cm³/mol. The van der Waals surface area contributed by atoms with E-state index in [-0.39, 0.29) is 22.9 Å². The van der Waals surface area contributed by atoms with Gasteiger partial charge in [0.2, 0.25) is 0 Å². The number of ether oxygens (including phenoxy) is 1. The van der Waals surface area contributed by atoms with Gasteiger partial charge >= 0.3 is 12.8 Å². The maximum atomic E-state index is 15.3. The Balaban J connectivity index is 1.30. The van der Waals surface area contributed by atoms with Crippen LogP contribution in [0, 0.1) is 5.82 Å². The lowest BCUT2D eigenvalue weighted by atomic mass is 9.63. The molecule has 1 amide bonds. The molecule has 2 aromatic heterocycles. The van der Waals surface area contributed by atoms with Gasteiger partial charge in [0, 0.05) is 49.2 Å². The smallest absolute Gasteiger partial charge is 0.417 e. The van der Waals surface area contributed by atoms with E-state index in [2.05, 4.69) is 4.98 Å². The lowest BCUT2D eigenvalue weighted by molar-refractivity contribution is -0.304. The van der Waals surface area contributed by atoms with Crippen molar-refractivity contribution in [1.29, 1.82) is 0 Å². The van der Waals surface area contributed by atoms with Crippen LogP contribution in [-0.2, 0) is 5.54 Å². The number of pyridine rings is 1. The number of nitrogens with zero attached hydrogens (tertiary/aromatic N) is 4. The topological polar surface area (TPSA) is 106 Å². The largest absolute Gasteiger partial charge is 0.434 e. The molecule has 4 aromatic rings. The third-order valence-corrected chi connectivity index (χ3v) is 8.80. The van der Waals surface area contributed by atoms with Crippen molar-refractivity contribution in [2.75, 3.05) is 7.05 Å². The molecule has 1 aliphatic carbocycles. The van der Waals surface area contributed by atoms with Gasteiger partial charge in [-0.25, -0.2) is 9.37 Å². The van der Waals surface area contributed by atoms with Crippen LogP contribution in [-0.4, -0.2) is 55.9 Å². The number of carbonyl (C=O) groups excluding carboxylic acids is 1. The van der Waals surface area contributed by atoms with Crippen LogP contribution in [0.15, 0.2) is 48.7 Å². The standard InChI is InChI=1S/C29H23F6N5O3/c1-39-20-9-19(22-15(25(39)41)3-2-4-21(22)43-26(31)32)40-18-8-13(5-6-17(18)38-24(20)40)14-7-16(30)23(37-10-14)27(36)11-28(42,12-27)29(33,34)35/h2-8,10,19-20,26,42H,9,11-12,36H2,1H3/t19-,20-,27?,28?/m0/s1. The maximum Gasteiger partial charge on any atom is 0.417 e. The summed E-state index contributed by atoms with van der Waals surface area (Å²) >= 11 is 0. The van der Waals surface area contributed by atoms with Crippen LogP contribution in [0.25, 0.3) is 22.2 Å². The van der Waals surface area contributed by atoms with Gasteiger partial charge in [-0.2, -0.15) is 22.0 Å². The van der Waals surface area contributed by atoms with Crippen LogP contribution in [0.3, 0.4) is 0 Å². The number of aliphatic hydroxyl groups is 1. The Morgan fingerprint density at radius 2 is 1.86 bits per heavy atom. The summed E-state index contributed by atoms with van der Waals surface area (Å²) in [6.07, 6.45) is -5.08. The molecule has 0 unspecified atom stereocenters. The van der Waals surface area contributed by atoms with E-state index in [4.69, 9.17) is 15.5 Å². The average molecular weight is 604 g/mol. The number of hydrogen-bond acceptors (Lipinski definition) is 6. The molecule has 0 saturated heterocycles. The first-order valence-electron chi connectivity index (χ1n) is 13.3. The Morgan fingerprint density at radius 3 is 2.53 bits per heavy atom. The van der Waals surface area contributed by atoms with Gasteiger partial charge in [0.1, 0.15) is 17.4 Å². The minimum Gasteiger partial charge on any atom is -0.434 e. The van der Waals surface area contributed by atoms with Crippen molar-refractivity contribution in [3.05, 3.63) is 77.1 Å². The first-order chi connectivity index (χ1) is 20.2. The molecule has 3 aliphatic rings. The van der Waals surface area contributed by atoms with E-state index in [1.165, 1.54) is 23.2 Å². The minimum absolute atomic E-state index is 0.114. The molecule has 0 radical (unpaired) electrons. The fourth-order valence-corrected chi connectivity index (χ4v) is 6.78. The maximum absolute atomic E-state index is 15.3. The highest BCUT2D eigenvalue weighted by Crippen LogP contribution is 2.54. The van der Waals surface area contributed by atoms with E-state index >= 15 is 4.39 Å². The molecule has 43 heavy (non-hydrogen) atoms. The average Bonchev–Trinajstić information content (AvgIpc) is 3.44. The van der Waals surface area contributed by atoms with E-state index in [0.29, 0.717) is 40.0 Å². The Bertz CT molecular complexity index is 1820. The van der Waals surface area contributed by atoms with E-state index in [1.54, 1.807) is 31.3 Å². The number of nitrogens with two attached hydrogens (primary N) is 1. The third kappa shape index (κ3) is 3.95. The molecular formula is C29H23F6N5O3. The quantitative estimate of drug-likeness (QED) is 0.311. The van der Waals surface area contributed by atoms with Gasteiger partial charge < -0.3 is 25.0 Å². The molecule has 2 aromatic carbocycles. The lowest BCUT2D eigenvalue weighted by Gasteiger charge is -2.51. The lowest BCUT2D eigenvalue weighted by Crippen LogP contribution is -2.66. The van der Waals surface area contributed by atoms with Gasteiger partial charge in [0.15, 0.2) is 5.60 Å². The number of alkyl halides is 5. The molecule has 4 heterocycles. The van der Waals surface area contributed by atoms with Crippen molar-refractivity contribution in [2.45, 2.75) is 55.3 Å². The summed E-state index contributed by atoms with van der Waals surface area (Å²) in [6.45, 7) is -3.11. The predicted octanol–water partition coefficient (Wildman–Crippen LogP) is 5.20. The first-order valence-corrected chi connectivity index (χ1v) is 13.3. The number of benzene rings is 2. The van der Waals surface area contributed by atoms with Crippen molar-refractivity contribution in [3.63, 3.8) is 0 Å². The zero-order valence-corrected chi connectivity index (χ0v) is 22.4. The summed E-state index contributed by atoms with van der Waals surface area (Å²) in [5.41, 5.74) is 3.35. The van der Waals surface area contributed by atoms with Crippen molar-refractivity contribution in [3.8, 4) is 16.9 Å². The molecule has 1 fully saturated rings. The number of fused-ring (bicyclic) bond motifs is 9. The van der Waals surface area contributed by atoms with Gasteiger partial charge in [-0.15, -0.1) is 0 Å². The van der Waals surface area contributed by atoms with Crippen molar-refractivity contribution in [1.82, 2.24) is 19.4 Å². The minimum atomic E-state index is -4.90. The molecule has 1 saturated carbocycles. The van der Waals surface area contributed by atoms with E-state index in [9.17, 15) is 31.9 Å². The second-order valence-electron chi connectivity index (χ2n) is 11.4. The summed E-state index contributed by atoms with van der Waals surface area (Å²) in [7, 11) is 1.62. The summed E-state index contributed by atoms with van der Waals surface area (Å²) < 4.78 is 88.1. The van der Waals surface area contributed by atoms with Crippen molar-refractivity contribution >= 4 is 16.9 Å². The first kappa shape index (κ1) is 27.7. The van der Waals surface area contributed by atoms with Gasteiger partial charge in [0.05, 0.1) is 34.3 Å². The Hall–Kier alpha value is -4.17. The molecule has 3 N–H and O–H groups in total. The molecule has 8 nitrogen and oxygen atoms in total. The number of hydrogen-bond donors (Lipinski definition) is 2. The Morgan fingerprint density at radius 1 is 1.12 bits per heavy atom. The fourth-order valence-electron chi connectivity index (χ4n) is 6.78. The molecule has 0 spiro atoms. The number of carbonyl (C=O) groups is 1. The van der Waals surface area contributed by atoms with Gasteiger partial charge in [-0.1, -0.05) is 12.1 Å². The third-order valence-electron chi connectivity index (χ3n) is 8.80. The second-order valence-corrected chi connectivity index (χ2v) is 11.4. The molecule has 14 heteroatoms. The number of halogens is 6. The molecular weight excluding hydrogens is 580 g/mol. The van der Waals surface area contributed by atoms with Gasteiger partial charge in [-0.05, 0) is 35.9 Å². The normalized spacial score (nSPS) is 26.4. The van der Waals surface area contributed by atoms with E-state index in [0.717, 1.165) is 6.07 Å². The highest BCUT2D eigenvalue weighted by atomic mass is 19.4. The van der Waals surface area contributed by atoms with Gasteiger partial charge in [0.25, 0.3) is 5.91 Å². The SMILES string of the molecule is CN1C(=O)c2cccc(OC(F)F)c2[C@@H]2C[C@H]1c1nc3ccc(-c4cnc(C5(N)CC(O)(C(F)(F)F)C5)c(F)c4)cc3n12. The molecule has 2 aliphatic heterocycles. The number of rotatable bonds is 4. The summed E-state index contributed by atoms with van der Waals surface area (Å²) in [6, 6.07) is 9.62. The van der Waals surface area contributed by atoms with Crippen LogP contribution in [0.4, 0.5) is 26.3 Å². The molecule has 224 valence electrons.